The summed E-state index contributed by atoms with van der Waals surface area (Å²) in [6.07, 6.45) is 1.10. The van der Waals surface area contributed by atoms with E-state index in [4.69, 9.17) is 10.5 Å². The fraction of sp³-hybridized carbons (Fsp3) is 0.455. The topological polar surface area (TPSA) is 55.5 Å². The average Bonchev–Trinajstić information content (AvgIpc) is 2.52. The minimum Gasteiger partial charge on any atom is -0.489 e. The summed E-state index contributed by atoms with van der Waals surface area (Å²) in [5.74, 6) is 0.821. The molecular formula is C11H15NO2. The fourth-order valence-corrected chi connectivity index (χ4v) is 1.78. The Kier molecular flexibility index (Phi) is 2.70. The van der Waals surface area contributed by atoms with Crippen LogP contribution in [0.15, 0.2) is 30.3 Å². The lowest BCUT2D eigenvalue weighted by Gasteiger charge is -2.19. The maximum absolute atomic E-state index is 9.44. The number of hydrogen-bond acceptors (Lipinski definition) is 3. The van der Waals surface area contributed by atoms with Crippen molar-refractivity contribution >= 4 is 0 Å². The van der Waals surface area contributed by atoms with Gasteiger partial charge in [0.1, 0.15) is 11.9 Å². The molecule has 3 unspecified atom stereocenters. The first-order valence-corrected chi connectivity index (χ1v) is 4.93. The minimum atomic E-state index is -0.413. The lowest BCUT2D eigenvalue weighted by atomic mass is 10.2. The Balaban J connectivity index is 1.99. The summed E-state index contributed by atoms with van der Waals surface area (Å²) >= 11 is 0. The molecule has 3 heteroatoms. The van der Waals surface area contributed by atoms with Crippen molar-refractivity contribution in [3.8, 4) is 5.75 Å². The Morgan fingerprint density at radius 3 is 2.50 bits per heavy atom. The number of aliphatic hydroxyl groups is 1. The van der Waals surface area contributed by atoms with Crippen LogP contribution in [0.2, 0.25) is 0 Å². The SMILES string of the molecule is NC1C(O)CCC1Oc1ccccc1. The van der Waals surface area contributed by atoms with Crippen LogP contribution in [0.5, 0.6) is 5.75 Å². The lowest BCUT2D eigenvalue weighted by molar-refractivity contribution is 0.123. The van der Waals surface area contributed by atoms with Gasteiger partial charge in [-0.1, -0.05) is 18.2 Å². The van der Waals surface area contributed by atoms with Crippen molar-refractivity contribution in [1.29, 1.82) is 0 Å². The second-order valence-electron chi connectivity index (χ2n) is 3.69. The average molecular weight is 193 g/mol. The Hall–Kier alpha value is -1.06. The summed E-state index contributed by atoms with van der Waals surface area (Å²) in [5.41, 5.74) is 5.80. The molecule has 1 saturated carbocycles. The van der Waals surface area contributed by atoms with Crippen molar-refractivity contribution in [1.82, 2.24) is 0 Å². The Morgan fingerprint density at radius 1 is 1.21 bits per heavy atom. The third-order valence-electron chi connectivity index (χ3n) is 2.65. The zero-order valence-electron chi connectivity index (χ0n) is 7.97. The zero-order valence-corrected chi connectivity index (χ0v) is 7.97. The van der Waals surface area contributed by atoms with Gasteiger partial charge in [-0.3, -0.25) is 0 Å². The van der Waals surface area contributed by atoms with Crippen molar-refractivity contribution in [3.63, 3.8) is 0 Å². The van der Waals surface area contributed by atoms with Crippen molar-refractivity contribution in [3.05, 3.63) is 30.3 Å². The first kappa shape index (κ1) is 9.49. The third-order valence-corrected chi connectivity index (χ3v) is 2.65. The highest BCUT2D eigenvalue weighted by Gasteiger charge is 2.33. The summed E-state index contributed by atoms with van der Waals surface area (Å²) in [5, 5.41) is 9.44. The molecule has 0 aromatic heterocycles. The van der Waals surface area contributed by atoms with Gasteiger partial charge >= 0.3 is 0 Å². The predicted octanol–water partition coefficient (Wildman–Crippen LogP) is 0.916. The van der Waals surface area contributed by atoms with Crippen LogP contribution in [-0.2, 0) is 0 Å². The molecule has 1 aromatic carbocycles. The molecule has 2 rings (SSSR count). The number of aliphatic hydroxyl groups excluding tert-OH is 1. The van der Waals surface area contributed by atoms with Gasteiger partial charge in [0.2, 0.25) is 0 Å². The highest BCUT2D eigenvalue weighted by atomic mass is 16.5. The molecule has 0 spiro atoms. The van der Waals surface area contributed by atoms with Crippen molar-refractivity contribution in [2.45, 2.75) is 31.1 Å². The van der Waals surface area contributed by atoms with Crippen LogP contribution in [0.1, 0.15) is 12.8 Å². The van der Waals surface area contributed by atoms with Crippen LogP contribution < -0.4 is 10.5 Å². The van der Waals surface area contributed by atoms with E-state index in [2.05, 4.69) is 0 Å². The molecule has 0 saturated heterocycles. The first-order chi connectivity index (χ1) is 6.77. The molecule has 3 N–H and O–H groups in total. The molecule has 1 fully saturated rings. The van der Waals surface area contributed by atoms with E-state index in [1.165, 1.54) is 0 Å². The zero-order chi connectivity index (χ0) is 9.97. The number of benzene rings is 1. The maximum Gasteiger partial charge on any atom is 0.119 e. The van der Waals surface area contributed by atoms with Crippen molar-refractivity contribution < 1.29 is 9.84 Å². The Morgan fingerprint density at radius 2 is 1.93 bits per heavy atom. The Labute approximate surface area is 83.5 Å². The molecule has 0 radical (unpaired) electrons. The van der Waals surface area contributed by atoms with E-state index in [-0.39, 0.29) is 12.1 Å². The van der Waals surface area contributed by atoms with Gasteiger partial charge in [-0.25, -0.2) is 0 Å². The summed E-state index contributed by atoms with van der Waals surface area (Å²) in [6.45, 7) is 0. The van der Waals surface area contributed by atoms with Gasteiger partial charge in [-0.05, 0) is 25.0 Å². The molecule has 14 heavy (non-hydrogen) atoms. The number of hydrogen-bond donors (Lipinski definition) is 2. The smallest absolute Gasteiger partial charge is 0.119 e. The standard InChI is InChI=1S/C11H15NO2/c12-11-9(13)6-7-10(11)14-8-4-2-1-3-5-8/h1-5,9-11,13H,6-7,12H2. The van der Waals surface area contributed by atoms with Gasteiger partial charge in [0, 0.05) is 0 Å². The second kappa shape index (κ2) is 3.98. The normalized spacial score (nSPS) is 31.7. The molecular weight excluding hydrogens is 178 g/mol. The number of para-hydroxylation sites is 1. The van der Waals surface area contributed by atoms with Crippen LogP contribution in [-0.4, -0.2) is 23.4 Å². The summed E-state index contributed by atoms with van der Waals surface area (Å²) < 4.78 is 5.67. The molecule has 3 atom stereocenters. The predicted molar refractivity (Wildman–Crippen MR) is 54.1 cm³/mol. The van der Waals surface area contributed by atoms with Crippen LogP contribution in [0, 0.1) is 0 Å². The van der Waals surface area contributed by atoms with Crippen molar-refractivity contribution in [2.75, 3.05) is 0 Å². The minimum absolute atomic E-state index is 0.0487. The van der Waals surface area contributed by atoms with Crippen LogP contribution in [0.3, 0.4) is 0 Å². The van der Waals surface area contributed by atoms with Gasteiger partial charge in [-0.2, -0.15) is 0 Å². The van der Waals surface area contributed by atoms with E-state index in [0.717, 1.165) is 18.6 Å². The monoisotopic (exact) mass is 193 g/mol. The number of ether oxygens (including phenoxy) is 1. The summed E-state index contributed by atoms with van der Waals surface area (Å²) in [6, 6.07) is 9.33. The fourth-order valence-electron chi connectivity index (χ4n) is 1.78. The molecule has 0 amide bonds. The van der Waals surface area contributed by atoms with Crippen molar-refractivity contribution in [2.24, 2.45) is 5.73 Å². The maximum atomic E-state index is 9.44. The van der Waals surface area contributed by atoms with Gasteiger partial charge in [0.25, 0.3) is 0 Å². The molecule has 1 aliphatic rings. The second-order valence-corrected chi connectivity index (χ2v) is 3.69. The molecule has 1 aromatic rings. The van der Waals surface area contributed by atoms with E-state index >= 15 is 0 Å². The van der Waals surface area contributed by atoms with E-state index in [1.807, 2.05) is 30.3 Å². The molecule has 0 heterocycles. The molecule has 0 bridgehead atoms. The van der Waals surface area contributed by atoms with Gasteiger partial charge in [0.15, 0.2) is 0 Å². The molecule has 3 nitrogen and oxygen atoms in total. The van der Waals surface area contributed by atoms with E-state index in [1.54, 1.807) is 0 Å². The van der Waals surface area contributed by atoms with Crippen LogP contribution in [0.25, 0.3) is 0 Å². The van der Waals surface area contributed by atoms with E-state index in [0.29, 0.717) is 0 Å². The van der Waals surface area contributed by atoms with Crippen LogP contribution >= 0.6 is 0 Å². The third kappa shape index (κ3) is 1.89. The number of nitrogens with two attached hydrogens (primary N) is 1. The van der Waals surface area contributed by atoms with E-state index < -0.39 is 6.10 Å². The van der Waals surface area contributed by atoms with Gasteiger partial charge in [0.05, 0.1) is 12.1 Å². The summed E-state index contributed by atoms with van der Waals surface area (Å²) in [7, 11) is 0. The number of rotatable bonds is 2. The van der Waals surface area contributed by atoms with Gasteiger partial charge in [-0.15, -0.1) is 0 Å². The largest absolute Gasteiger partial charge is 0.489 e. The van der Waals surface area contributed by atoms with Gasteiger partial charge < -0.3 is 15.6 Å². The van der Waals surface area contributed by atoms with Crippen LogP contribution in [0.4, 0.5) is 0 Å². The molecule has 76 valence electrons. The highest BCUT2D eigenvalue weighted by molar-refractivity contribution is 5.21. The Bertz CT molecular complexity index is 289. The van der Waals surface area contributed by atoms with E-state index in [9.17, 15) is 5.11 Å². The summed E-state index contributed by atoms with van der Waals surface area (Å²) in [4.78, 5) is 0. The first-order valence-electron chi connectivity index (χ1n) is 4.93. The molecule has 0 aliphatic heterocycles. The highest BCUT2D eigenvalue weighted by Crippen LogP contribution is 2.23. The molecule has 1 aliphatic carbocycles. The lowest BCUT2D eigenvalue weighted by Crippen LogP contribution is -2.40. The quantitative estimate of drug-likeness (QED) is 0.734.